The maximum absolute atomic E-state index is 12.2. The summed E-state index contributed by atoms with van der Waals surface area (Å²) in [5, 5.41) is 3.11. The van der Waals surface area contributed by atoms with Crippen LogP contribution in [0.3, 0.4) is 0 Å². The number of aromatic nitrogens is 2. The van der Waals surface area contributed by atoms with E-state index < -0.39 is 0 Å². The molecule has 122 valence electrons. The molecule has 1 aliphatic rings. The van der Waals surface area contributed by atoms with Crippen LogP contribution in [0.15, 0.2) is 6.07 Å². The van der Waals surface area contributed by atoms with Crippen LogP contribution in [0.5, 0.6) is 0 Å². The lowest BCUT2D eigenvalue weighted by Crippen LogP contribution is -2.34. The Morgan fingerprint density at radius 1 is 1.50 bits per heavy atom. The number of amides is 1. The highest BCUT2D eigenvalue weighted by Gasteiger charge is 2.32. The van der Waals surface area contributed by atoms with E-state index in [0.717, 1.165) is 36.7 Å². The van der Waals surface area contributed by atoms with E-state index >= 15 is 0 Å². The van der Waals surface area contributed by atoms with E-state index in [1.54, 1.807) is 0 Å². The number of hydrogen-bond donors (Lipinski definition) is 1. The molecule has 0 aliphatic carbocycles. The summed E-state index contributed by atoms with van der Waals surface area (Å²) in [4.78, 5) is 25.3. The van der Waals surface area contributed by atoms with Crippen molar-refractivity contribution in [1.29, 1.82) is 0 Å². The van der Waals surface area contributed by atoms with Crippen LogP contribution in [0.4, 0.5) is 5.82 Å². The fourth-order valence-corrected chi connectivity index (χ4v) is 2.69. The lowest BCUT2D eigenvalue weighted by atomic mass is 10.2. The van der Waals surface area contributed by atoms with Gasteiger partial charge in [0.1, 0.15) is 12.4 Å². The Labute approximate surface area is 131 Å². The molecule has 2 rings (SSSR count). The molecule has 1 atom stereocenters. The molecule has 1 saturated heterocycles. The molecule has 0 radical (unpaired) electrons. The van der Waals surface area contributed by atoms with Gasteiger partial charge in [0.25, 0.3) is 0 Å². The molecular formula is C15H25N5O2. The van der Waals surface area contributed by atoms with Gasteiger partial charge in [-0.3, -0.25) is 4.79 Å². The molecule has 7 heteroatoms. The Balaban J connectivity index is 2.31. The van der Waals surface area contributed by atoms with Gasteiger partial charge in [-0.1, -0.05) is 0 Å². The van der Waals surface area contributed by atoms with Crippen LogP contribution in [-0.4, -0.2) is 62.2 Å². The Hall–Kier alpha value is -1.73. The second kappa shape index (κ2) is 7.51. The molecule has 7 nitrogen and oxygen atoms in total. The van der Waals surface area contributed by atoms with E-state index in [-0.39, 0.29) is 18.6 Å². The van der Waals surface area contributed by atoms with Gasteiger partial charge in [-0.25, -0.2) is 9.97 Å². The molecule has 0 bridgehead atoms. The van der Waals surface area contributed by atoms with Crippen molar-refractivity contribution in [2.75, 3.05) is 46.3 Å². The van der Waals surface area contributed by atoms with E-state index in [9.17, 15) is 4.79 Å². The largest absolute Gasteiger partial charge is 0.375 e. The normalized spacial score (nSPS) is 17.8. The van der Waals surface area contributed by atoms with Gasteiger partial charge in [0.2, 0.25) is 5.91 Å². The number of likely N-dealkylation sites (tertiary alicyclic amines) is 1. The maximum Gasteiger partial charge on any atom is 0.249 e. The van der Waals surface area contributed by atoms with Gasteiger partial charge in [-0.2, -0.15) is 0 Å². The van der Waals surface area contributed by atoms with Gasteiger partial charge in [0.15, 0.2) is 5.82 Å². The van der Waals surface area contributed by atoms with Crippen LogP contribution < -0.4 is 10.2 Å². The highest BCUT2D eigenvalue weighted by Crippen LogP contribution is 2.31. The third-order valence-corrected chi connectivity index (χ3v) is 3.74. The summed E-state index contributed by atoms with van der Waals surface area (Å²) >= 11 is 0. The molecular weight excluding hydrogens is 282 g/mol. The average Bonchev–Trinajstić information content (AvgIpc) is 2.97. The van der Waals surface area contributed by atoms with Gasteiger partial charge < -0.3 is 19.9 Å². The quantitative estimate of drug-likeness (QED) is 0.828. The SMILES string of the molecule is CNCc1cc(N(C)C)nc([C@@H]2CCCN2C(=O)COC)n1. The topological polar surface area (TPSA) is 70.6 Å². The number of ether oxygens (including phenoxy) is 1. The van der Waals surface area contributed by atoms with Crippen LogP contribution in [0.1, 0.15) is 30.4 Å². The Morgan fingerprint density at radius 3 is 2.91 bits per heavy atom. The summed E-state index contributed by atoms with van der Waals surface area (Å²) < 4.78 is 4.97. The van der Waals surface area contributed by atoms with Crippen molar-refractivity contribution >= 4 is 11.7 Å². The molecule has 0 unspecified atom stereocenters. The van der Waals surface area contributed by atoms with Crippen molar-refractivity contribution < 1.29 is 9.53 Å². The van der Waals surface area contributed by atoms with Crippen LogP contribution in [-0.2, 0) is 16.1 Å². The first-order valence-corrected chi connectivity index (χ1v) is 7.55. The first-order valence-electron chi connectivity index (χ1n) is 7.55. The van der Waals surface area contributed by atoms with Crippen molar-refractivity contribution in [3.8, 4) is 0 Å². The fourth-order valence-electron chi connectivity index (χ4n) is 2.69. The summed E-state index contributed by atoms with van der Waals surface area (Å²) in [7, 11) is 7.34. The third-order valence-electron chi connectivity index (χ3n) is 3.74. The van der Waals surface area contributed by atoms with E-state index in [0.29, 0.717) is 6.54 Å². The van der Waals surface area contributed by atoms with Crippen molar-refractivity contribution in [2.24, 2.45) is 0 Å². The number of carbonyl (C=O) groups is 1. The Bertz CT molecular complexity index is 521. The van der Waals surface area contributed by atoms with Crippen molar-refractivity contribution in [3.05, 3.63) is 17.6 Å². The summed E-state index contributed by atoms with van der Waals surface area (Å²) in [5.41, 5.74) is 0.933. The third kappa shape index (κ3) is 3.72. The number of nitrogens with one attached hydrogen (secondary N) is 1. The van der Waals surface area contributed by atoms with E-state index in [1.165, 1.54) is 7.11 Å². The zero-order chi connectivity index (χ0) is 16.1. The standard InChI is InChI=1S/C15H25N5O2/c1-16-9-11-8-13(19(2)3)18-15(17-11)12-6-5-7-20(12)14(21)10-22-4/h8,12,16H,5-7,9-10H2,1-4H3/t12-/m0/s1. The average molecular weight is 307 g/mol. The zero-order valence-corrected chi connectivity index (χ0v) is 13.8. The number of carbonyl (C=O) groups excluding carboxylic acids is 1. The molecule has 0 spiro atoms. The first kappa shape index (κ1) is 16.6. The molecule has 1 N–H and O–H groups in total. The predicted octanol–water partition coefficient (Wildman–Crippen LogP) is 0.572. The molecule has 0 aromatic carbocycles. The molecule has 1 aromatic rings. The smallest absolute Gasteiger partial charge is 0.249 e. The first-order chi connectivity index (χ1) is 10.6. The zero-order valence-electron chi connectivity index (χ0n) is 13.8. The van der Waals surface area contributed by atoms with Crippen LogP contribution in [0, 0.1) is 0 Å². The minimum Gasteiger partial charge on any atom is -0.375 e. The maximum atomic E-state index is 12.2. The number of methoxy groups -OCH3 is 1. The molecule has 1 aliphatic heterocycles. The number of anilines is 1. The minimum atomic E-state index is -0.0573. The second-order valence-electron chi connectivity index (χ2n) is 5.68. The van der Waals surface area contributed by atoms with Gasteiger partial charge in [0.05, 0.1) is 11.7 Å². The minimum absolute atomic E-state index is 0.000905. The van der Waals surface area contributed by atoms with Crippen molar-refractivity contribution in [1.82, 2.24) is 20.2 Å². The highest BCUT2D eigenvalue weighted by atomic mass is 16.5. The van der Waals surface area contributed by atoms with Gasteiger partial charge in [0, 0.05) is 40.4 Å². The van der Waals surface area contributed by atoms with Gasteiger partial charge in [-0.15, -0.1) is 0 Å². The predicted molar refractivity (Wildman–Crippen MR) is 84.7 cm³/mol. The second-order valence-corrected chi connectivity index (χ2v) is 5.68. The number of nitrogens with zero attached hydrogens (tertiary/aromatic N) is 4. The van der Waals surface area contributed by atoms with Gasteiger partial charge in [-0.05, 0) is 19.9 Å². The summed E-state index contributed by atoms with van der Waals surface area (Å²) in [5.74, 6) is 1.58. The molecule has 1 amide bonds. The summed E-state index contributed by atoms with van der Waals surface area (Å²) in [6.07, 6.45) is 1.86. The number of hydrogen-bond acceptors (Lipinski definition) is 6. The highest BCUT2D eigenvalue weighted by molar-refractivity contribution is 5.78. The van der Waals surface area contributed by atoms with Crippen LogP contribution >= 0.6 is 0 Å². The van der Waals surface area contributed by atoms with Crippen LogP contribution in [0.25, 0.3) is 0 Å². The van der Waals surface area contributed by atoms with Crippen LogP contribution in [0.2, 0.25) is 0 Å². The molecule has 0 saturated carbocycles. The molecule has 1 aromatic heterocycles. The van der Waals surface area contributed by atoms with Crippen molar-refractivity contribution in [3.63, 3.8) is 0 Å². The summed E-state index contributed by atoms with van der Waals surface area (Å²) in [6.45, 7) is 1.52. The molecule has 1 fully saturated rings. The Kier molecular flexibility index (Phi) is 5.68. The van der Waals surface area contributed by atoms with E-state index in [2.05, 4.69) is 15.3 Å². The van der Waals surface area contributed by atoms with E-state index in [1.807, 2.05) is 37.0 Å². The molecule has 2 heterocycles. The Morgan fingerprint density at radius 2 is 2.27 bits per heavy atom. The number of rotatable bonds is 6. The lowest BCUT2D eigenvalue weighted by molar-refractivity contribution is -0.136. The monoisotopic (exact) mass is 307 g/mol. The lowest BCUT2D eigenvalue weighted by Gasteiger charge is -2.24. The van der Waals surface area contributed by atoms with Gasteiger partial charge >= 0.3 is 0 Å². The van der Waals surface area contributed by atoms with E-state index in [4.69, 9.17) is 4.74 Å². The summed E-state index contributed by atoms with van der Waals surface area (Å²) in [6, 6.07) is 1.91. The fraction of sp³-hybridized carbons (Fsp3) is 0.667. The molecule has 22 heavy (non-hydrogen) atoms. The van der Waals surface area contributed by atoms with Crippen molar-refractivity contribution in [2.45, 2.75) is 25.4 Å².